The summed E-state index contributed by atoms with van der Waals surface area (Å²) < 4.78 is 0. The van der Waals surface area contributed by atoms with E-state index in [2.05, 4.69) is 12.2 Å². The lowest BCUT2D eigenvalue weighted by Gasteiger charge is -2.55. The molecule has 4 aliphatic rings. The maximum atomic E-state index is 12.6. The summed E-state index contributed by atoms with van der Waals surface area (Å²) in [7, 11) is 0. The Labute approximate surface area is 110 Å². The molecule has 0 aromatic carbocycles. The number of hydrogen-bond donors (Lipinski definition) is 2. The number of rotatable bonds is 4. The van der Waals surface area contributed by atoms with Gasteiger partial charge in [-0.05, 0) is 62.7 Å². The van der Waals surface area contributed by atoms with E-state index >= 15 is 0 Å². The van der Waals surface area contributed by atoms with Gasteiger partial charge in [-0.15, -0.1) is 0 Å². The SMILES string of the molecule is CCC(N)CNC(=O)C12CC3CC(CC(C3)C1)C2. The van der Waals surface area contributed by atoms with E-state index in [1.165, 1.54) is 19.3 Å². The highest BCUT2D eigenvalue weighted by atomic mass is 16.2. The van der Waals surface area contributed by atoms with E-state index in [1.807, 2.05) is 0 Å². The molecule has 0 aromatic rings. The van der Waals surface area contributed by atoms with Gasteiger partial charge in [0.05, 0.1) is 0 Å². The molecule has 102 valence electrons. The Bertz CT molecular complexity index is 304. The zero-order chi connectivity index (χ0) is 12.8. The molecule has 4 aliphatic carbocycles. The summed E-state index contributed by atoms with van der Waals surface area (Å²) in [5, 5.41) is 3.13. The molecule has 18 heavy (non-hydrogen) atoms. The van der Waals surface area contributed by atoms with E-state index in [0.29, 0.717) is 12.5 Å². The molecule has 1 amide bonds. The van der Waals surface area contributed by atoms with E-state index in [0.717, 1.165) is 43.4 Å². The number of nitrogens with two attached hydrogens (primary N) is 1. The predicted molar refractivity (Wildman–Crippen MR) is 71.9 cm³/mol. The fraction of sp³-hybridized carbons (Fsp3) is 0.933. The van der Waals surface area contributed by atoms with Crippen molar-refractivity contribution in [1.82, 2.24) is 5.32 Å². The molecule has 4 rings (SSSR count). The van der Waals surface area contributed by atoms with Crippen molar-refractivity contribution in [2.24, 2.45) is 28.9 Å². The first-order valence-corrected chi connectivity index (χ1v) is 7.65. The maximum Gasteiger partial charge on any atom is 0.226 e. The Morgan fingerprint density at radius 3 is 2.17 bits per heavy atom. The average molecular weight is 250 g/mol. The molecule has 0 radical (unpaired) electrons. The minimum atomic E-state index is -0.0117. The van der Waals surface area contributed by atoms with E-state index in [4.69, 9.17) is 5.73 Å². The zero-order valence-electron chi connectivity index (χ0n) is 11.5. The minimum absolute atomic E-state index is 0.0117. The third kappa shape index (κ3) is 2.07. The van der Waals surface area contributed by atoms with E-state index < -0.39 is 0 Å². The van der Waals surface area contributed by atoms with Gasteiger partial charge in [-0.25, -0.2) is 0 Å². The van der Waals surface area contributed by atoms with Gasteiger partial charge in [-0.2, -0.15) is 0 Å². The second-order valence-corrected chi connectivity index (χ2v) is 7.08. The summed E-state index contributed by atoms with van der Waals surface area (Å²) in [6.07, 6.45) is 8.54. The van der Waals surface area contributed by atoms with Crippen LogP contribution in [0, 0.1) is 23.2 Å². The first-order chi connectivity index (χ1) is 8.61. The topological polar surface area (TPSA) is 55.1 Å². The van der Waals surface area contributed by atoms with Crippen molar-refractivity contribution in [3.63, 3.8) is 0 Å². The number of carbonyl (C=O) groups is 1. The van der Waals surface area contributed by atoms with Gasteiger partial charge in [-0.1, -0.05) is 6.92 Å². The lowest BCUT2D eigenvalue weighted by atomic mass is 9.49. The molecule has 0 saturated heterocycles. The van der Waals surface area contributed by atoms with Gasteiger partial charge in [0.2, 0.25) is 5.91 Å². The van der Waals surface area contributed by atoms with Crippen LogP contribution in [-0.4, -0.2) is 18.5 Å². The van der Waals surface area contributed by atoms with Crippen LogP contribution >= 0.6 is 0 Å². The number of nitrogens with one attached hydrogen (secondary N) is 1. The van der Waals surface area contributed by atoms with Crippen LogP contribution in [0.1, 0.15) is 51.9 Å². The summed E-state index contributed by atoms with van der Waals surface area (Å²) in [5.74, 6) is 2.82. The third-order valence-corrected chi connectivity index (χ3v) is 5.57. The fourth-order valence-corrected chi connectivity index (χ4v) is 4.94. The van der Waals surface area contributed by atoms with Crippen molar-refractivity contribution in [3.05, 3.63) is 0 Å². The standard InChI is InChI=1S/C15H26N2O/c1-2-13(16)9-17-14(18)15-6-10-3-11(7-15)5-12(4-10)8-15/h10-13H,2-9,16H2,1H3,(H,17,18). The molecular weight excluding hydrogens is 224 g/mol. The largest absolute Gasteiger partial charge is 0.354 e. The van der Waals surface area contributed by atoms with Crippen LogP contribution in [0.5, 0.6) is 0 Å². The zero-order valence-corrected chi connectivity index (χ0v) is 11.5. The molecule has 4 saturated carbocycles. The van der Waals surface area contributed by atoms with Crippen molar-refractivity contribution < 1.29 is 4.79 Å². The molecule has 3 heteroatoms. The molecule has 0 aliphatic heterocycles. The Hall–Kier alpha value is -0.570. The van der Waals surface area contributed by atoms with Gasteiger partial charge in [0, 0.05) is 18.0 Å². The van der Waals surface area contributed by atoms with Crippen molar-refractivity contribution in [1.29, 1.82) is 0 Å². The van der Waals surface area contributed by atoms with Crippen LogP contribution in [0.2, 0.25) is 0 Å². The van der Waals surface area contributed by atoms with Crippen LogP contribution in [0.15, 0.2) is 0 Å². The van der Waals surface area contributed by atoms with Crippen LogP contribution < -0.4 is 11.1 Å². The van der Waals surface area contributed by atoms with Crippen molar-refractivity contribution in [3.8, 4) is 0 Å². The second-order valence-electron chi connectivity index (χ2n) is 7.08. The molecule has 0 heterocycles. The first kappa shape index (κ1) is 12.5. The lowest BCUT2D eigenvalue weighted by molar-refractivity contribution is -0.146. The van der Waals surface area contributed by atoms with Crippen LogP contribution in [0.3, 0.4) is 0 Å². The van der Waals surface area contributed by atoms with Gasteiger partial charge in [0.15, 0.2) is 0 Å². The molecule has 4 bridgehead atoms. The van der Waals surface area contributed by atoms with E-state index in [9.17, 15) is 4.79 Å². The van der Waals surface area contributed by atoms with Crippen LogP contribution in [0.4, 0.5) is 0 Å². The van der Waals surface area contributed by atoms with Gasteiger partial charge in [-0.3, -0.25) is 4.79 Å². The van der Waals surface area contributed by atoms with Crippen molar-refractivity contribution in [2.45, 2.75) is 57.9 Å². The Balaban J connectivity index is 1.66. The number of amides is 1. The maximum absolute atomic E-state index is 12.6. The molecule has 4 fully saturated rings. The van der Waals surface area contributed by atoms with Crippen molar-refractivity contribution in [2.75, 3.05) is 6.54 Å². The summed E-state index contributed by atoms with van der Waals surface area (Å²) in [6.45, 7) is 2.72. The normalized spacial score (nSPS) is 42.9. The summed E-state index contributed by atoms with van der Waals surface area (Å²) in [5.41, 5.74) is 5.89. The van der Waals surface area contributed by atoms with Crippen LogP contribution in [-0.2, 0) is 4.79 Å². The summed E-state index contributed by atoms with van der Waals surface area (Å²) >= 11 is 0. The third-order valence-electron chi connectivity index (χ3n) is 5.57. The summed E-state index contributed by atoms with van der Waals surface area (Å²) in [4.78, 5) is 12.6. The minimum Gasteiger partial charge on any atom is -0.354 e. The molecule has 1 unspecified atom stereocenters. The Morgan fingerprint density at radius 1 is 1.22 bits per heavy atom. The van der Waals surface area contributed by atoms with E-state index in [-0.39, 0.29) is 11.5 Å². The quantitative estimate of drug-likeness (QED) is 0.802. The van der Waals surface area contributed by atoms with Gasteiger partial charge in [0.25, 0.3) is 0 Å². The van der Waals surface area contributed by atoms with Crippen molar-refractivity contribution >= 4 is 5.91 Å². The molecule has 1 atom stereocenters. The molecule has 0 aromatic heterocycles. The first-order valence-electron chi connectivity index (χ1n) is 7.65. The molecule has 3 N–H and O–H groups in total. The predicted octanol–water partition coefficient (Wildman–Crippen LogP) is 2.06. The van der Waals surface area contributed by atoms with Crippen LogP contribution in [0.25, 0.3) is 0 Å². The van der Waals surface area contributed by atoms with Gasteiger partial charge in [0.1, 0.15) is 0 Å². The smallest absolute Gasteiger partial charge is 0.226 e. The van der Waals surface area contributed by atoms with Gasteiger partial charge < -0.3 is 11.1 Å². The molecule has 3 nitrogen and oxygen atoms in total. The van der Waals surface area contributed by atoms with E-state index in [1.54, 1.807) is 0 Å². The number of hydrogen-bond acceptors (Lipinski definition) is 2. The Kier molecular flexibility index (Phi) is 3.13. The van der Waals surface area contributed by atoms with Gasteiger partial charge >= 0.3 is 0 Å². The lowest BCUT2D eigenvalue weighted by Crippen LogP contribution is -2.54. The monoisotopic (exact) mass is 250 g/mol. The summed E-state index contributed by atoms with van der Waals surface area (Å²) in [6, 6.07) is 0.114. The molecular formula is C15H26N2O. The fourth-order valence-electron chi connectivity index (χ4n) is 4.94. The average Bonchev–Trinajstić information content (AvgIpc) is 2.33. The molecule has 0 spiro atoms. The second kappa shape index (κ2) is 4.52. The Morgan fingerprint density at radius 2 is 1.72 bits per heavy atom. The highest BCUT2D eigenvalue weighted by Gasteiger charge is 2.54. The highest BCUT2D eigenvalue weighted by molar-refractivity contribution is 5.83. The highest BCUT2D eigenvalue weighted by Crippen LogP contribution is 2.60. The number of carbonyl (C=O) groups excluding carboxylic acids is 1.